The van der Waals surface area contributed by atoms with E-state index in [0.29, 0.717) is 30.5 Å². The van der Waals surface area contributed by atoms with Crippen molar-refractivity contribution in [3.8, 4) is 5.75 Å². The number of hydrogen-bond acceptors (Lipinski definition) is 4. The molecule has 0 N–H and O–H groups in total. The zero-order valence-corrected chi connectivity index (χ0v) is 20.1. The van der Waals surface area contributed by atoms with Crippen molar-refractivity contribution in [2.24, 2.45) is 5.92 Å². The standard InChI is InChI=1S/C27H29N3O3S/c1-21-11-13-24(14-12-21)34(31,32)29-17-15-22(16-18-29)19-30-26-10-6-5-9-25(26)28-27(30)20-33-23-7-3-2-4-8-23/h2-14,22H,15-20H2,1H3. The van der Waals surface area contributed by atoms with Crippen molar-refractivity contribution in [3.63, 3.8) is 0 Å². The molecule has 0 bridgehead atoms. The molecule has 0 atom stereocenters. The summed E-state index contributed by atoms with van der Waals surface area (Å²) in [6.07, 6.45) is 1.63. The lowest BCUT2D eigenvalue weighted by Crippen LogP contribution is -2.39. The van der Waals surface area contributed by atoms with Crippen molar-refractivity contribution in [3.05, 3.63) is 90.3 Å². The van der Waals surface area contributed by atoms with E-state index in [1.165, 1.54) is 0 Å². The molecule has 34 heavy (non-hydrogen) atoms. The SMILES string of the molecule is Cc1ccc(S(=O)(=O)N2CCC(Cn3c(COc4ccccc4)nc4ccccc43)CC2)cc1. The number of nitrogens with zero attached hydrogens (tertiary/aromatic N) is 3. The molecule has 7 heteroatoms. The average Bonchev–Trinajstić information content (AvgIpc) is 3.21. The van der Waals surface area contributed by atoms with Crippen LogP contribution in [0.1, 0.15) is 24.2 Å². The van der Waals surface area contributed by atoms with Gasteiger partial charge in [0.05, 0.1) is 15.9 Å². The van der Waals surface area contributed by atoms with Gasteiger partial charge in [-0.1, -0.05) is 48.0 Å². The molecule has 4 aromatic rings. The minimum atomic E-state index is -3.45. The Bertz CT molecular complexity index is 1360. The van der Waals surface area contributed by atoms with E-state index < -0.39 is 10.0 Å². The normalized spacial score (nSPS) is 15.6. The summed E-state index contributed by atoms with van der Waals surface area (Å²) in [5, 5.41) is 0. The molecule has 1 saturated heterocycles. The summed E-state index contributed by atoms with van der Waals surface area (Å²) in [6.45, 7) is 4.21. The monoisotopic (exact) mass is 475 g/mol. The quantitative estimate of drug-likeness (QED) is 0.376. The van der Waals surface area contributed by atoms with Crippen molar-refractivity contribution in [1.29, 1.82) is 0 Å². The van der Waals surface area contributed by atoms with Crippen LogP contribution in [-0.2, 0) is 23.2 Å². The molecule has 1 fully saturated rings. The second-order valence-electron chi connectivity index (χ2n) is 8.89. The predicted molar refractivity (Wildman–Crippen MR) is 133 cm³/mol. The molecular formula is C27H29N3O3S. The first-order valence-corrected chi connectivity index (χ1v) is 13.1. The van der Waals surface area contributed by atoms with Gasteiger partial charge in [0.1, 0.15) is 18.2 Å². The summed E-state index contributed by atoms with van der Waals surface area (Å²) in [6, 6.07) is 25.0. The lowest BCUT2D eigenvalue weighted by atomic mass is 9.98. The minimum absolute atomic E-state index is 0.373. The molecule has 176 valence electrons. The summed E-state index contributed by atoms with van der Waals surface area (Å²) in [5.74, 6) is 2.08. The fourth-order valence-electron chi connectivity index (χ4n) is 4.55. The van der Waals surface area contributed by atoms with Crippen LogP contribution < -0.4 is 4.74 Å². The Labute approximate surface area is 200 Å². The molecule has 5 rings (SSSR count). The molecule has 1 aliphatic heterocycles. The fraction of sp³-hybridized carbons (Fsp3) is 0.296. The second-order valence-corrected chi connectivity index (χ2v) is 10.8. The fourth-order valence-corrected chi connectivity index (χ4v) is 6.02. The van der Waals surface area contributed by atoms with Gasteiger partial charge in [0.15, 0.2) is 0 Å². The van der Waals surface area contributed by atoms with E-state index in [4.69, 9.17) is 9.72 Å². The minimum Gasteiger partial charge on any atom is -0.486 e. The molecule has 1 aromatic heterocycles. The summed E-state index contributed by atoms with van der Waals surface area (Å²) >= 11 is 0. The number of aromatic nitrogens is 2. The highest BCUT2D eigenvalue weighted by Crippen LogP contribution is 2.27. The van der Waals surface area contributed by atoms with E-state index in [1.54, 1.807) is 16.4 Å². The zero-order valence-electron chi connectivity index (χ0n) is 19.3. The van der Waals surface area contributed by atoms with Crippen LogP contribution in [0.5, 0.6) is 5.75 Å². The largest absolute Gasteiger partial charge is 0.486 e. The third-order valence-corrected chi connectivity index (χ3v) is 8.43. The lowest BCUT2D eigenvalue weighted by Gasteiger charge is -2.31. The molecule has 0 radical (unpaired) electrons. The molecule has 0 amide bonds. The summed E-state index contributed by atoms with van der Waals surface area (Å²) in [4.78, 5) is 5.20. The van der Waals surface area contributed by atoms with Gasteiger partial charge in [-0.2, -0.15) is 4.31 Å². The molecule has 3 aromatic carbocycles. The van der Waals surface area contributed by atoms with E-state index in [-0.39, 0.29) is 0 Å². The van der Waals surface area contributed by atoms with E-state index in [9.17, 15) is 8.42 Å². The van der Waals surface area contributed by atoms with Crippen LogP contribution >= 0.6 is 0 Å². The highest BCUT2D eigenvalue weighted by atomic mass is 32.2. The number of aryl methyl sites for hydroxylation is 1. The van der Waals surface area contributed by atoms with Gasteiger partial charge in [-0.3, -0.25) is 0 Å². The van der Waals surface area contributed by atoms with Gasteiger partial charge >= 0.3 is 0 Å². The van der Waals surface area contributed by atoms with Crippen LogP contribution in [0.4, 0.5) is 0 Å². The van der Waals surface area contributed by atoms with Gasteiger partial charge in [0, 0.05) is 19.6 Å². The number of piperidine rings is 1. The first kappa shape index (κ1) is 22.6. The summed E-state index contributed by atoms with van der Waals surface area (Å²) in [5.41, 5.74) is 3.09. The molecule has 0 spiro atoms. The summed E-state index contributed by atoms with van der Waals surface area (Å²) < 4.78 is 36.0. The van der Waals surface area contributed by atoms with Gasteiger partial charge in [-0.25, -0.2) is 13.4 Å². The number of para-hydroxylation sites is 3. The topological polar surface area (TPSA) is 64.4 Å². The number of fused-ring (bicyclic) bond motifs is 1. The number of imidazole rings is 1. The lowest BCUT2D eigenvalue weighted by molar-refractivity contribution is 0.244. The number of sulfonamides is 1. The first-order chi connectivity index (χ1) is 16.5. The Balaban J connectivity index is 1.30. The molecule has 0 saturated carbocycles. The van der Waals surface area contributed by atoms with Gasteiger partial charge in [0.25, 0.3) is 0 Å². The first-order valence-electron chi connectivity index (χ1n) is 11.7. The average molecular weight is 476 g/mol. The Morgan fingerprint density at radius 2 is 1.59 bits per heavy atom. The van der Waals surface area contributed by atoms with E-state index in [0.717, 1.165) is 47.6 Å². The second kappa shape index (κ2) is 9.60. The van der Waals surface area contributed by atoms with Gasteiger partial charge in [-0.05, 0) is 62.1 Å². The number of hydrogen-bond donors (Lipinski definition) is 0. The van der Waals surface area contributed by atoms with Crippen LogP contribution in [0.25, 0.3) is 11.0 Å². The molecular weight excluding hydrogens is 446 g/mol. The number of benzene rings is 3. The van der Waals surface area contributed by atoms with Gasteiger partial charge in [-0.15, -0.1) is 0 Å². The number of ether oxygens (including phenoxy) is 1. The molecule has 1 aliphatic rings. The summed E-state index contributed by atoms with van der Waals surface area (Å²) in [7, 11) is -3.45. The van der Waals surface area contributed by atoms with E-state index in [2.05, 4.69) is 10.6 Å². The maximum absolute atomic E-state index is 13.1. The maximum atomic E-state index is 13.1. The van der Waals surface area contributed by atoms with E-state index >= 15 is 0 Å². The Morgan fingerprint density at radius 3 is 2.32 bits per heavy atom. The highest BCUT2D eigenvalue weighted by Gasteiger charge is 2.30. The van der Waals surface area contributed by atoms with Crippen molar-refractivity contribution in [2.75, 3.05) is 13.1 Å². The highest BCUT2D eigenvalue weighted by molar-refractivity contribution is 7.89. The maximum Gasteiger partial charge on any atom is 0.243 e. The van der Waals surface area contributed by atoms with Crippen LogP contribution in [0.3, 0.4) is 0 Å². The van der Waals surface area contributed by atoms with Crippen LogP contribution in [-0.4, -0.2) is 35.4 Å². The van der Waals surface area contributed by atoms with Crippen molar-refractivity contribution < 1.29 is 13.2 Å². The Morgan fingerprint density at radius 1 is 0.912 bits per heavy atom. The Kier molecular flexibility index (Phi) is 6.39. The van der Waals surface area contributed by atoms with Crippen LogP contribution in [0, 0.1) is 12.8 Å². The smallest absolute Gasteiger partial charge is 0.243 e. The van der Waals surface area contributed by atoms with Crippen molar-refractivity contribution in [1.82, 2.24) is 13.9 Å². The Hall–Kier alpha value is -3.16. The third kappa shape index (κ3) is 4.72. The molecule has 2 heterocycles. The van der Waals surface area contributed by atoms with Crippen LogP contribution in [0.2, 0.25) is 0 Å². The molecule has 6 nitrogen and oxygen atoms in total. The molecule has 0 aliphatic carbocycles. The van der Waals surface area contributed by atoms with Crippen molar-refractivity contribution >= 4 is 21.1 Å². The predicted octanol–water partition coefficient (Wildman–Crippen LogP) is 5.02. The third-order valence-electron chi connectivity index (χ3n) is 6.52. The van der Waals surface area contributed by atoms with Gasteiger partial charge < -0.3 is 9.30 Å². The van der Waals surface area contributed by atoms with Crippen molar-refractivity contribution in [2.45, 2.75) is 37.8 Å². The zero-order chi connectivity index (χ0) is 23.5. The van der Waals surface area contributed by atoms with Gasteiger partial charge in [0.2, 0.25) is 10.0 Å². The number of rotatable bonds is 7. The van der Waals surface area contributed by atoms with Crippen LogP contribution in [0.15, 0.2) is 83.8 Å². The van der Waals surface area contributed by atoms with E-state index in [1.807, 2.05) is 67.6 Å². The molecule has 0 unspecified atom stereocenters.